The summed E-state index contributed by atoms with van der Waals surface area (Å²) in [5.41, 5.74) is 0. The molecule has 0 aromatic heterocycles. The van der Waals surface area contributed by atoms with Crippen molar-refractivity contribution in [3.05, 3.63) is 12.2 Å². The lowest BCUT2D eigenvalue weighted by Gasteiger charge is -2.22. The van der Waals surface area contributed by atoms with Gasteiger partial charge in [0.25, 0.3) is 0 Å². The number of allylic oxidation sites excluding steroid dienone is 1. The summed E-state index contributed by atoms with van der Waals surface area (Å²) < 4.78 is 4.71. The van der Waals surface area contributed by atoms with Gasteiger partial charge in [0.2, 0.25) is 0 Å². The summed E-state index contributed by atoms with van der Waals surface area (Å²) in [6, 6.07) is 0. The van der Waals surface area contributed by atoms with Gasteiger partial charge in [-0.1, -0.05) is 12.2 Å². The lowest BCUT2D eigenvalue weighted by atomic mass is 9.84. The largest absolute Gasteiger partial charge is 0.481 e. The zero-order valence-electron chi connectivity index (χ0n) is 8.26. The van der Waals surface area contributed by atoms with Crippen LogP contribution in [0.25, 0.3) is 0 Å². The Morgan fingerprint density at radius 2 is 2.20 bits per heavy atom. The maximum Gasteiger partial charge on any atom is 0.313 e. The molecular weight excluding hydrogens is 200 g/mol. The van der Waals surface area contributed by atoms with E-state index in [2.05, 4.69) is 0 Å². The Hall–Kier alpha value is -1.36. The molecule has 0 aromatic carbocycles. The average molecular weight is 214 g/mol. The van der Waals surface area contributed by atoms with Crippen molar-refractivity contribution in [3.63, 3.8) is 0 Å². The monoisotopic (exact) mass is 214 g/mol. The minimum Gasteiger partial charge on any atom is -0.481 e. The molecule has 2 unspecified atom stereocenters. The highest BCUT2D eigenvalue weighted by Crippen LogP contribution is 2.26. The van der Waals surface area contributed by atoms with Crippen molar-refractivity contribution in [2.75, 3.05) is 13.2 Å². The number of carbonyl (C=O) groups is 2. The number of hydrogen-bond donors (Lipinski definition) is 2. The zero-order chi connectivity index (χ0) is 11.3. The predicted octanol–water partition coefficient (Wildman–Crippen LogP) is 0.189. The first-order chi connectivity index (χ1) is 7.16. The minimum atomic E-state index is -0.981. The fourth-order valence-corrected chi connectivity index (χ4v) is 1.59. The minimum absolute atomic E-state index is 0.0878. The third-order valence-corrected chi connectivity index (χ3v) is 2.35. The van der Waals surface area contributed by atoms with Gasteiger partial charge in [0.15, 0.2) is 0 Å². The predicted molar refractivity (Wildman–Crippen MR) is 51.0 cm³/mol. The second-order valence-electron chi connectivity index (χ2n) is 3.37. The van der Waals surface area contributed by atoms with Crippen molar-refractivity contribution in [2.45, 2.75) is 12.8 Å². The normalized spacial score (nSPS) is 24.9. The van der Waals surface area contributed by atoms with Gasteiger partial charge in [-0.15, -0.1) is 0 Å². The van der Waals surface area contributed by atoms with Crippen LogP contribution in [0.5, 0.6) is 0 Å². The molecule has 0 amide bonds. The Bertz CT molecular complexity index is 271. The van der Waals surface area contributed by atoms with Gasteiger partial charge in [-0.2, -0.15) is 0 Å². The first-order valence-corrected chi connectivity index (χ1v) is 4.83. The molecule has 0 bridgehead atoms. The number of aliphatic carboxylic acids is 1. The standard InChI is InChI=1S/C10H14O5/c11-5-6-15-10(14)8-4-2-1-3-7(8)9(12)13/h2,4,7-8,11H,1,3,5-6H2,(H,12,13). The van der Waals surface area contributed by atoms with Crippen LogP contribution in [0.3, 0.4) is 0 Å². The van der Waals surface area contributed by atoms with E-state index in [1.165, 1.54) is 0 Å². The summed E-state index contributed by atoms with van der Waals surface area (Å²) in [5, 5.41) is 17.4. The van der Waals surface area contributed by atoms with Gasteiger partial charge >= 0.3 is 11.9 Å². The highest BCUT2D eigenvalue weighted by Gasteiger charge is 2.34. The van der Waals surface area contributed by atoms with E-state index in [4.69, 9.17) is 14.9 Å². The second kappa shape index (κ2) is 5.50. The number of aliphatic hydroxyl groups excluding tert-OH is 1. The summed E-state index contributed by atoms with van der Waals surface area (Å²) in [4.78, 5) is 22.3. The number of esters is 1. The van der Waals surface area contributed by atoms with Gasteiger partial charge in [0.05, 0.1) is 18.4 Å². The number of carbonyl (C=O) groups excluding carboxylic acids is 1. The Morgan fingerprint density at radius 1 is 1.47 bits per heavy atom. The third-order valence-electron chi connectivity index (χ3n) is 2.35. The molecule has 1 aliphatic carbocycles. The number of ether oxygens (including phenoxy) is 1. The van der Waals surface area contributed by atoms with Crippen molar-refractivity contribution in [1.29, 1.82) is 0 Å². The number of carboxylic acids is 1. The molecule has 0 saturated heterocycles. The highest BCUT2D eigenvalue weighted by atomic mass is 16.5. The van der Waals surface area contributed by atoms with E-state index >= 15 is 0 Å². The number of rotatable bonds is 4. The summed E-state index contributed by atoms with van der Waals surface area (Å²) in [7, 11) is 0. The van der Waals surface area contributed by atoms with Crippen LogP contribution in [0.4, 0.5) is 0 Å². The van der Waals surface area contributed by atoms with Crippen molar-refractivity contribution in [2.24, 2.45) is 11.8 Å². The van der Waals surface area contributed by atoms with Gasteiger partial charge in [-0.3, -0.25) is 9.59 Å². The van der Waals surface area contributed by atoms with Gasteiger partial charge < -0.3 is 14.9 Å². The molecule has 2 N–H and O–H groups in total. The number of carboxylic acid groups (broad SMARTS) is 1. The van der Waals surface area contributed by atoms with Crippen LogP contribution < -0.4 is 0 Å². The first-order valence-electron chi connectivity index (χ1n) is 4.83. The second-order valence-corrected chi connectivity index (χ2v) is 3.37. The molecule has 84 valence electrons. The number of hydrogen-bond acceptors (Lipinski definition) is 4. The smallest absolute Gasteiger partial charge is 0.313 e. The van der Waals surface area contributed by atoms with E-state index < -0.39 is 23.8 Å². The van der Waals surface area contributed by atoms with Crippen LogP contribution in [0.1, 0.15) is 12.8 Å². The molecule has 0 fully saturated rings. The van der Waals surface area contributed by atoms with E-state index in [1.807, 2.05) is 0 Å². The van der Waals surface area contributed by atoms with Gasteiger partial charge in [0, 0.05) is 0 Å². The molecule has 5 heteroatoms. The quantitative estimate of drug-likeness (QED) is 0.515. The molecule has 0 aliphatic heterocycles. The van der Waals surface area contributed by atoms with E-state index in [0.717, 1.165) is 0 Å². The van der Waals surface area contributed by atoms with Crippen LogP contribution in [0, 0.1) is 11.8 Å². The van der Waals surface area contributed by atoms with E-state index in [-0.39, 0.29) is 13.2 Å². The van der Waals surface area contributed by atoms with Gasteiger partial charge in [-0.05, 0) is 12.8 Å². The Labute approximate surface area is 87.4 Å². The van der Waals surface area contributed by atoms with Crippen LogP contribution >= 0.6 is 0 Å². The molecule has 0 saturated carbocycles. The Morgan fingerprint density at radius 3 is 2.80 bits per heavy atom. The number of aliphatic hydroxyl groups is 1. The van der Waals surface area contributed by atoms with E-state index in [0.29, 0.717) is 12.8 Å². The molecule has 0 spiro atoms. The maximum absolute atomic E-state index is 11.4. The molecule has 0 radical (unpaired) electrons. The summed E-state index contributed by atoms with van der Waals surface area (Å²) in [5.74, 6) is -2.98. The van der Waals surface area contributed by atoms with Crippen molar-refractivity contribution < 1.29 is 24.5 Å². The lowest BCUT2D eigenvalue weighted by Crippen LogP contribution is -2.32. The molecule has 2 atom stereocenters. The summed E-state index contributed by atoms with van der Waals surface area (Å²) >= 11 is 0. The summed E-state index contributed by atoms with van der Waals surface area (Å²) in [6.07, 6.45) is 4.47. The molecule has 5 nitrogen and oxygen atoms in total. The molecule has 0 aromatic rings. The zero-order valence-corrected chi connectivity index (χ0v) is 8.26. The van der Waals surface area contributed by atoms with Gasteiger partial charge in [-0.25, -0.2) is 0 Å². The van der Waals surface area contributed by atoms with E-state index in [9.17, 15) is 9.59 Å². The first kappa shape index (κ1) is 11.7. The topological polar surface area (TPSA) is 83.8 Å². The Balaban J connectivity index is 2.63. The molecule has 1 aliphatic rings. The van der Waals surface area contributed by atoms with Crippen LogP contribution in [0.15, 0.2) is 12.2 Å². The van der Waals surface area contributed by atoms with Crippen LogP contribution in [-0.4, -0.2) is 35.4 Å². The molecule has 1 rings (SSSR count). The summed E-state index contributed by atoms with van der Waals surface area (Å²) in [6.45, 7) is -0.338. The van der Waals surface area contributed by atoms with E-state index in [1.54, 1.807) is 12.2 Å². The van der Waals surface area contributed by atoms with Crippen molar-refractivity contribution in [1.82, 2.24) is 0 Å². The fourth-order valence-electron chi connectivity index (χ4n) is 1.59. The highest BCUT2D eigenvalue weighted by molar-refractivity contribution is 5.83. The third kappa shape index (κ3) is 3.06. The molecule has 15 heavy (non-hydrogen) atoms. The van der Waals surface area contributed by atoms with Crippen molar-refractivity contribution in [3.8, 4) is 0 Å². The maximum atomic E-state index is 11.4. The lowest BCUT2D eigenvalue weighted by molar-refractivity contribution is -0.156. The average Bonchev–Trinajstić information content (AvgIpc) is 2.25. The van der Waals surface area contributed by atoms with Gasteiger partial charge in [0.1, 0.15) is 6.61 Å². The Kier molecular flexibility index (Phi) is 4.30. The van der Waals surface area contributed by atoms with Crippen LogP contribution in [-0.2, 0) is 14.3 Å². The molecule has 0 heterocycles. The molecular formula is C10H14O5. The SMILES string of the molecule is O=C(OCCO)C1C=CCCC1C(=O)O. The van der Waals surface area contributed by atoms with Crippen molar-refractivity contribution >= 4 is 11.9 Å². The van der Waals surface area contributed by atoms with Crippen LogP contribution in [0.2, 0.25) is 0 Å². The fraction of sp³-hybridized carbons (Fsp3) is 0.600.